The SMILES string of the molecule is c1ccc(-c2ccc3oc4c(-c5ccccc5-c5ccc6c7ccccc7c7ccccc7c6n5)cc(-c5ccccc5)cc4c3c2)cc1. The predicted octanol–water partition coefficient (Wildman–Crippen LogP) is 13.1. The molecule has 2 heterocycles. The smallest absolute Gasteiger partial charge is 0.143 e. The number of hydrogen-bond acceptors (Lipinski definition) is 2. The quantitative estimate of drug-likeness (QED) is 0.182. The van der Waals surface area contributed by atoms with Crippen LogP contribution in [0.25, 0.3) is 99.0 Å². The van der Waals surface area contributed by atoms with Crippen LogP contribution in [0.2, 0.25) is 0 Å². The number of aromatic nitrogens is 1. The molecule has 0 amide bonds. The van der Waals surface area contributed by atoms with Crippen LogP contribution in [0.1, 0.15) is 0 Å². The number of furan rings is 1. The van der Waals surface area contributed by atoms with Crippen molar-refractivity contribution in [2.24, 2.45) is 0 Å². The minimum absolute atomic E-state index is 0.876. The normalized spacial score (nSPS) is 11.7. The molecule has 0 aliphatic rings. The minimum atomic E-state index is 0.876. The molecule has 0 bridgehead atoms. The number of pyridine rings is 1. The molecule has 0 saturated carbocycles. The molecule has 0 aliphatic heterocycles. The lowest BCUT2D eigenvalue weighted by Crippen LogP contribution is -1.92. The molecule has 2 aromatic heterocycles. The average molecular weight is 624 g/mol. The Hall–Kier alpha value is -6.51. The standard InChI is InChI=1S/C47H29NO/c1-3-13-30(14-4-1)32-23-26-45-41(27-32)43-29-33(31-15-5-2-6-16-31)28-42(47(43)49-45)37-20-9-11-21-38(37)44-25-24-40-36-19-8-7-17-34(36)35-18-10-12-22-39(35)46(40)48-44/h1-29H. The summed E-state index contributed by atoms with van der Waals surface area (Å²) in [6.45, 7) is 0. The van der Waals surface area contributed by atoms with Gasteiger partial charge < -0.3 is 4.42 Å². The van der Waals surface area contributed by atoms with Gasteiger partial charge in [-0.3, -0.25) is 0 Å². The molecular formula is C47H29NO. The van der Waals surface area contributed by atoms with Gasteiger partial charge in [0.15, 0.2) is 0 Å². The van der Waals surface area contributed by atoms with Crippen molar-refractivity contribution in [3.8, 4) is 44.6 Å². The van der Waals surface area contributed by atoms with Gasteiger partial charge in [-0.2, -0.15) is 0 Å². The third-order valence-electron chi connectivity index (χ3n) is 9.86. The van der Waals surface area contributed by atoms with Gasteiger partial charge in [0.2, 0.25) is 0 Å². The van der Waals surface area contributed by atoms with Crippen LogP contribution in [0.4, 0.5) is 0 Å². The Morgan fingerprint density at radius 2 is 0.878 bits per heavy atom. The molecule has 0 aliphatic carbocycles. The van der Waals surface area contributed by atoms with Gasteiger partial charge in [0.25, 0.3) is 0 Å². The van der Waals surface area contributed by atoms with E-state index in [2.05, 4.69) is 176 Å². The summed E-state index contributed by atoms with van der Waals surface area (Å²) in [6, 6.07) is 62.5. The molecule has 2 heteroatoms. The van der Waals surface area contributed by atoms with E-state index in [1.165, 1.54) is 32.8 Å². The van der Waals surface area contributed by atoms with E-state index in [0.29, 0.717) is 0 Å². The Balaban J connectivity index is 1.24. The minimum Gasteiger partial charge on any atom is -0.455 e. The number of hydrogen-bond donors (Lipinski definition) is 0. The van der Waals surface area contributed by atoms with Crippen molar-refractivity contribution in [3.05, 3.63) is 176 Å². The van der Waals surface area contributed by atoms with E-state index in [1.807, 2.05) is 0 Å². The zero-order valence-electron chi connectivity index (χ0n) is 26.6. The van der Waals surface area contributed by atoms with Crippen molar-refractivity contribution in [2.75, 3.05) is 0 Å². The molecule has 49 heavy (non-hydrogen) atoms. The first-order valence-corrected chi connectivity index (χ1v) is 16.7. The summed E-state index contributed by atoms with van der Waals surface area (Å²) in [5, 5.41) is 8.22. The highest BCUT2D eigenvalue weighted by molar-refractivity contribution is 6.24. The van der Waals surface area contributed by atoms with E-state index in [1.54, 1.807) is 0 Å². The lowest BCUT2D eigenvalue weighted by Gasteiger charge is -2.14. The third kappa shape index (κ3) is 4.46. The Morgan fingerprint density at radius 3 is 1.59 bits per heavy atom. The molecule has 0 saturated heterocycles. The van der Waals surface area contributed by atoms with E-state index in [9.17, 15) is 0 Å². The van der Waals surface area contributed by atoms with Crippen molar-refractivity contribution in [3.63, 3.8) is 0 Å². The number of nitrogens with zero attached hydrogens (tertiary/aromatic N) is 1. The van der Waals surface area contributed by atoms with Gasteiger partial charge >= 0.3 is 0 Å². The second-order valence-electron chi connectivity index (χ2n) is 12.7. The summed E-state index contributed by atoms with van der Waals surface area (Å²) < 4.78 is 6.77. The maximum absolute atomic E-state index is 6.77. The summed E-state index contributed by atoms with van der Waals surface area (Å²) in [4.78, 5) is 5.43. The van der Waals surface area contributed by atoms with Crippen LogP contribution in [0.5, 0.6) is 0 Å². The first kappa shape index (κ1) is 27.6. The summed E-state index contributed by atoms with van der Waals surface area (Å²) in [7, 11) is 0. The number of benzene rings is 8. The lowest BCUT2D eigenvalue weighted by molar-refractivity contribution is 0.670. The monoisotopic (exact) mass is 623 g/mol. The second-order valence-corrected chi connectivity index (χ2v) is 12.7. The Kier molecular flexibility index (Phi) is 6.22. The molecule has 0 atom stereocenters. The highest BCUT2D eigenvalue weighted by Gasteiger charge is 2.19. The maximum Gasteiger partial charge on any atom is 0.143 e. The second kappa shape index (κ2) is 11.0. The molecule has 10 rings (SSSR count). The summed E-state index contributed by atoms with van der Waals surface area (Å²) in [5.41, 5.74) is 11.6. The van der Waals surface area contributed by atoms with Crippen LogP contribution in [0.15, 0.2) is 180 Å². The summed E-state index contributed by atoms with van der Waals surface area (Å²) in [5.74, 6) is 0. The first-order chi connectivity index (χ1) is 24.3. The fourth-order valence-electron chi connectivity index (χ4n) is 7.54. The summed E-state index contributed by atoms with van der Waals surface area (Å²) in [6.07, 6.45) is 0. The average Bonchev–Trinajstić information content (AvgIpc) is 3.56. The number of rotatable bonds is 4. The van der Waals surface area contributed by atoms with E-state index in [-0.39, 0.29) is 0 Å². The van der Waals surface area contributed by atoms with E-state index in [4.69, 9.17) is 9.40 Å². The predicted molar refractivity (Wildman–Crippen MR) is 206 cm³/mol. The van der Waals surface area contributed by atoms with E-state index >= 15 is 0 Å². The van der Waals surface area contributed by atoms with Crippen molar-refractivity contribution < 1.29 is 4.42 Å². The molecular weight excluding hydrogens is 595 g/mol. The van der Waals surface area contributed by atoms with Crippen molar-refractivity contribution in [1.82, 2.24) is 4.98 Å². The molecule has 0 fully saturated rings. The topological polar surface area (TPSA) is 26.0 Å². The lowest BCUT2D eigenvalue weighted by atomic mass is 9.91. The van der Waals surface area contributed by atoms with Crippen LogP contribution in [-0.4, -0.2) is 4.98 Å². The number of fused-ring (bicyclic) bond motifs is 9. The molecule has 0 N–H and O–H groups in total. The zero-order chi connectivity index (χ0) is 32.3. The highest BCUT2D eigenvalue weighted by Crippen LogP contribution is 2.44. The van der Waals surface area contributed by atoms with Gasteiger partial charge in [0.05, 0.1) is 11.2 Å². The molecule has 228 valence electrons. The molecule has 0 unspecified atom stereocenters. The van der Waals surface area contributed by atoms with Gasteiger partial charge in [-0.1, -0.05) is 140 Å². The van der Waals surface area contributed by atoms with Gasteiger partial charge in [0.1, 0.15) is 11.2 Å². The van der Waals surface area contributed by atoms with Crippen LogP contribution >= 0.6 is 0 Å². The van der Waals surface area contributed by atoms with E-state index < -0.39 is 0 Å². The molecule has 0 spiro atoms. The zero-order valence-corrected chi connectivity index (χ0v) is 26.6. The van der Waals surface area contributed by atoms with Gasteiger partial charge in [-0.05, 0) is 80.4 Å². The van der Waals surface area contributed by atoms with Crippen LogP contribution in [0, 0.1) is 0 Å². The maximum atomic E-state index is 6.77. The Morgan fingerprint density at radius 1 is 0.327 bits per heavy atom. The van der Waals surface area contributed by atoms with Gasteiger partial charge in [-0.15, -0.1) is 0 Å². The van der Waals surface area contributed by atoms with Crippen molar-refractivity contribution in [2.45, 2.75) is 0 Å². The van der Waals surface area contributed by atoms with Crippen LogP contribution in [-0.2, 0) is 0 Å². The fraction of sp³-hybridized carbons (Fsp3) is 0. The highest BCUT2D eigenvalue weighted by atomic mass is 16.3. The van der Waals surface area contributed by atoms with Crippen molar-refractivity contribution >= 4 is 54.4 Å². The molecule has 2 nitrogen and oxygen atoms in total. The third-order valence-corrected chi connectivity index (χ3v) is 9.86. The van der Waals surface area contributed by atoms with Crippen molar-refractivity contribution in [1.29, 1.82) is 0 Å². The fourth-order valence-corrected chi connectivity index (χ4v) is 7.54. The van der Waals surface area contributed by atoms with Crippen LogP contribution < -0.4 is 0 Å². The molecule has 10 aromatic rings. The molecule has 8 aromatic carbocycles. The Labute approximate surface area is 283 Å². The Bertz CT molecular complexity index is 2830. The van der Waals surface area contributed by atoms with E-state index in [0.717, 1.165) is 66.2 Å². The summed E-state index contributed by atoms with van der Waals surface area (Å²) >= 11 is 0. The largest absolute Gasteiger partial charge is 0.455 e. The first-order valence-electron chi connectivity index (χ1n) is 16.7. The van der Waals surface area contributed by atoms with Gasteiger partial charge in [-0.25, -0.2) is 4.98 Å². The molecule has 0 radical (unpaired) electrons. The van der Waals surface area contributed by atoms with Gasteiger partial charge in [0, 0.05) is 32.7 Å². The van der Waals surface area contributed by atoms with Crippen LogP contribution in [0.3, 0.4) is 0 Å².